The Morgan fingerprint density at radius 3 is 2.34 bits per heavy atom. The number of fused-ring (bicyclic) bond motifs is 1. The van der Waals surface area contributed by atoms with Crippen molar-refractivity contribution in [3.05, 3.63) is 23.9 Å². The van der Waals surface area contributed by atoms with E-state index in [9.17, 15) is 19.8 Å². The smallest absolute Gasteiger partial charge is 0.237 e. The van der Waals surface area contributed by atoms with Gasteiger partial charge < -0.3 is 20.4 Å². The number of aliphatic hydroxyl groups excluding tert-OH is 2. The van der Waals surface area contributed by atoms with Crippen LogP contribution in [0.1, 0.15) is 25.7 Å². The van der Waals surface area contributed by atoms with Crippen molar-refractivity contribution in [3.8, 4) is 0 Å². The molecule has 5 fully saturated rings. The van der Waals surface area contributed by atoms with Gasteiger partial charge in [-0.3, -0.25) is 24.7 Å². The zero-order chi connectivity index (χ0) is 22.0. The Morgan fingerprint density at radius 1 is 0.969 bits per heavy atom. The maximum Gasteiger partial charge on any atom is 0.237 e. The Hall–Kier alpha value is -1.78. The van der Waals surface area contributed by atoms with Crippen LogP contribution in [0.4, 0.5) is 0 Å². The van der Waals surface area contributed by atoms with E-state index < -0.39 is 30.3 Å². The zero-order valence-electron chi connectivity index (χ0n) is 18.3. The van der Waals surface area contributed by atoms with Crippen LogP contribution in [0.3, 0.4) is 0 Å². The average Bonchev–Trinajstić information content (AvgIpc) is 2.97. The second-order valence-electron chi connectivity index (χ2n) is 10.5. The number of carbonyl (C=O) groups is 2. The Morgan fingerprint density at radius 2 is 1.69 bits per heavy atom. The third-order valence-electron chi connectivity index (χ3n) is 8.58. The molecule has 4 N–H and O–H groups in total. The average molecular weight is 444 g/mol. The lowest BCUT2D eigenvalue weighted by molar-refractivity contribution is -0.149. The van der Waals surface area contributed by atoms with Crippen molar-refractivity contribution in [3.63, 3.8) is 0 Å². The van der Waals surface area contributed by atoms with E-state index in [1.807, 2.05) is 18.2 Å². The molecule has 32 heavy (non-hydrogen) atoms. The molecule has 0 aromatic rings. The number of aliphatic hydroxyl groups is 2. The van der Waals surface area contributed by atoms with Gasteiger partial charge in [0.2, 0.25) is 11.8 Å². The number of imide groups is 1. The summed E-state index contributed by atoms with van der Waals surface area (Å²) in [6.45, 7) is 6.31. The molecule has 6 rings (SSSR count). The minimum absolute atomic E-state index is 0.239. The molecule has 1 spiro atoms. The fourth-order valence-electron chi connectivity index (χ4n) is 6.55. The summed E-state index contributed by atoms with van der Waals surface area (Å²) in [5.41, 5.74) is 1.62. The van der Waals surface area contributed by atoms with Gasteiger partial charge in [-0.1, -0.05) is 6.08 Å². The van der Waals surface area contributed by atoms with E-state index in [4.69, 9.17) is 0 Å². The number of allylic oxidation sites excluding steroid dienone is 1. The van der Waals surface area contributed by atoms with Crippen LogP contribution in [-0.4, -0.2) is 101 Å². The number of nitrogens with one attached hydrogen (secondary N) is 2. The van der Waals surface area contributed by atoms with Gasteiger partial charge in [-0.2, -0.15) is 0 Å². The van der Waals surface area contributed by atoms with E-state index in [1.54, 1.807) is 0 Å². The number of hydrogen-bond donors (Lipinski definition) is 4. The Kier molecular flexibility index (Phi) is 4.96. The summed E-state index contributed by atoms with van der Waals surface area (Å²) in [6.07, 6.45) is 7.32. The lowest BCUT2D eigenvalue weighted by atomic mass is 9.61. The summed E-state index contributed by atoms with van der Waals surface area (Å²) in [5, 5.41) is 26.0. The molecular weight excluding hydrogens is 410 g/mol. The van der Waals surface area contributed by atoms with Gasteiger partial charge in [0.1, 0.15) is 12.5 Å². The van der Waals surface area contributed by atoms with Crippen LogP contribution in [-0.2, 0) is 9.59 Å². The number of nitrogens with zero attached hydrogens (tertiary/aromatic N) is 3. The molecular formula is C23H33N5O4. The van der Waals surface area contributed by atoms with E-state index in [1.165, 1.54) is 30.8 Å². The van der Waals surface area contributed by atoms with Gasteiger partial charge in [0.15, 0.2) is 0 Å². The maximum atomic E-state index is 13.2. The van der Waals surface area contributed by atoms with Gasteiger partial charge >= 0.3 is 0 Å². The largest absolute Gasteiger partial charge is 0.379 e. The molecule has 4 heterocycles. The third-order valence-corrected chi connectivity index (χ3v) is 8.58. The van der Waals surface area contributed by atoms with E-state index in [-0.39, 0.29) is 11.8 Å². The van der Waals surface area contributed by atoms with Gasteiger partial charge in [-0.25, -0.2) is 0 Å². The second-order valence-corrected chi connectivity index (χ2v) is 10.5. The standard InChI is InChI=1S/C23H33N5O4/c29-19-4-3-18(20(30)25-19)28-21(31)16-2-1-14(9-17(16)22(28)32)26-5-7-27(8-6-26)15-10-23(11-15)12-24-13-23/h1-2,9,15-20,24-25,29-30H,3-8,10-13H2. The van der Waals surface area contributed by atoms with E-state index >= 15 is 0 Å². The van der Waals surface area contributed by atoms with Crippen molar-refractivity contribution >= 4 is 11.8 Å². The highest BCUT2D eigenvalue weighted by atomic mass is 16.3. The third kappa shape index (κ3) is 3.25. The molecule has 2 amide bonds. The van der Waals surface area contributed by atoms with Crippen LogP contribution in [0.15, 0.2) is 23.9 Å². The molecule has 4 aliphatic heterocycles. The molecule has 6 aliphatic rings. The molecule has 0 aromatic heterocycles. The van der Waals surface area contributed by atoms with Crippen molar-refractivity contribution in [1.29, 1.82) is 0 Å². The van der Waals surface area contributed by atoms with Crippen molar-refractivity contribution in [2.45, 2.75) is 50.2 Å². The lowest BCUT2D eigenvalue weighted by Crippen LogP contribution is -2.66. The van der Waals surface area contributed by atoms with Crippen LogP contribution in [0.2, 0.25) is 0 Å². The Bertz CT molecular complexity index is 854. The predicted octanol–water partition coefficient (Wildman–Crippen LogP) is -1.20. The molecule has 174 valence electrons. The fourth-order valence-corrected chi connectivity index (χ4v) is 6.55. The molecule has 0 radical (unpaired) electrons. The Balaban J connectivity index is 1.09. The first-order valence-corrected chi connectivity index (χ1v) is 12.0. The quantitative estimate of drug-likeness (QED) is 0.403. The maximum absolute atomic E-state index is 13.2. The predicted molar refractivity (Wildman–Crippen MR) is 116 cm³/mol. The molecule has 5 unspecified atom stereocenters. The summed E-state index contributed by atoms with van der Waals surface area (Å²) in [4.78, 5) is 32.4. The van der Waals surface area contributed by atoms with E-state index in [0.717, 1.165) is 37.9 Å². The molecule has 0 aromatic carbocycles. The minimum Gasteiger partial charge on any atom is -0.379 e. The van der Waals surface area contributed by atoms with Crippen LogP contribution in [0, 0.1) is 17.3 Å². The lowest BCUT2D eigenvalue weighted by Gasteiger charge is -2.58. The minimum atomic E-state index is -1.10. The van der Waals surface area contributed by atoms with Crippen molar-refractivity contribution in [2.24, 2.45) is 17.3 Å². The van der Waals surface area contributed by atoms with Gasteiger partial charge in [0.25, 0.3) is 0 Å². The number of amides is 2. The normalized spacial score (nSPS) is 39.7. The second kappa shape index (κ2) is 7.63. The summed E-state index contributed by atoms with van der Waals surface area (Å²) in [5.74, 6) is -1.48. The van der Waals surface area contributed by atoms with Crippen LogP contribution in [0.5, 0.6) is 0 Å². The summed E-state index contributed by atoms with van der Waals surface area (Å²) in [7, 11) is 0. The zero-order valence-corrected chi connectivity index (χ0v) is 18.3. The molecule has 2 aliphatic carbocycles. The molecule has 9 heteroatoms. The fraction of sp³-hybridized carbons (Fsp3) is 0.739. The molecule has 9 nitrogen and oxygen atoms in total. The summed E-state index contributed by atoms with van der Waals surface area (Å²) < 4.78 is 0. The molecule has 4 saturated heterocycles. The van der Waals surface area contributed by atoms with Crippen LogP contribution < -0.4 is 10.6 Å². The number of hydrogen-bond acceptors (Lipinski definition) is 8. The van der Waals surface area contributed by atoms with Crippen molar-refractivity contribution in [1.82, 2.24) is 25.3 Å². The monoisotopic (exact) mass is 443 g/mol. The highest BCUT2D eigenvalue weighted by Crippen LogP contribution is 2.46. The van der Waals surface area contributed by atoms with Crippen molar-refractivity contribution in [2.75, 3.05) is 39.3 Å². The number of rotatable bonds is 3. The van der Waals surface area contributed by atoms with E-state index in [0.29, 0.717) is 18.3 Å². The van der Waals surface area contributed by atoms with Gasteiger partial charge in [-0.15, -0.1) is 0 Å². The number of piperazine rings is 1. The molecule has 0 bridgehead atoms. The Labute approximate surface area is 188 Å². The summed E-state index contributed by atoms with van der Waals surface area (Å²) >= 11 is 0. The molecule has 1 saturated carbocycles. The molecule has 5 atom stereocenters. The van der Waals surface area contributed by atoms with Crippen LogP contribution >= 0.6 is 0 Å². The first-order chi connectivity index (χ1) is 15.4. The van der Waals surface area contributed by atoms with Crippen molar-refractivity contribution < 1.29 is 19.8 Å². The number of piperidine rings is 1. The van der Waals surface area contributed by atoms with E-state index in [2.05, 4.69) is 20.4 Å². The number of carbonyl (C=O) groups excluding carboxylic acids is 2. The SMILES string of the molecule is O=C1C2C=CC(N3CCN(C4CC5(CNC5)C4)CC3)=CC2C(=O)N1C1CCC(O)NC1O. The first kappa shape index (κ1) is 20.8. The topological polar surface area (TPSA) is 108 Å². The van der Waals surface area contributed by atoms with Crippen LogP contribution in [0.25, 0.3) is 0 Å². The van der Waals surface area contributed by atoms with Gasteiger partial charge in [-0.05, 0) is 43.3 Å². The highest BCUT2D eigenvalue weighted by molar-refractivity contribution is 6.07. The summed E-state index contributed by atoms with van der Waals surface area (Å²) in [6, 6.07) is 0.0885. The first-order valence-electron chi connectivity index (χ1n) is 12.0. The number of likely N-dealkylation sites (tertiary alicyclic amines) is 1. The van der Waals surface area contributed by atoms with Gasteiger partial charge in [0.05, 0.1) is 17.9 Å². The highest BCUT2D eigenvalue weighted by Gasteiger charge is 2.52. The van der Waals surface area contributed by atoms with Gasteiger partial charge in [0, 0.05) is 51.0 Å².